The first-order valence-electron chi connectivity index (χ1n) is 6.68. The van der Waals surface area contributed by atoms with Gasteiger partial charge in [0.25, 0.3) is 0 Å². The van der Waals surface area contributed by atoms with Crippen molar-refractivity contribution < 1.29 is 27.4 Å². The lowest BCUT2D eigenvalue weighted by molar-refractivity contribution is -0.142. The number of aryl methyl sites for hydroxylation is 1. The molecule has 0 aromatic carbocycles. The van der Waals surface area contributed by atoms with E-state index >= 15 is 0 Å². The molecule has 0 unspecified atom stereocenters. The SMILES string of the molecule is C[C@@H](OC(=O)c1cn(C)nc1C(F)(F)F)C1CCOCC1. The highest BCUT2D eigenvalue weighted by Crippen LogP contribution is 2.31. The van der Waals surface area contributed by atoms with Gasteiger partial charge in [-0.2, -0.15) is 18.3 Å². The Labute approximate surface area is 120 Å². The van der Waals surface area contributed by atoms with Gasteiger partial charge >= 0.3 is 12.1 Å². The summed E-state index contributed by atoms with van der Waals surface area (Å²) < 4.78 is 49.8. The number of carbonyl (C=O) groups excluding carboxylic acids is 1. The molecule has 0 spiro atoms. The van der Waals surface area contributed by atoms with Crippen molar-refractivity contribution in [3.63, 3.8) is 0 Å². The van der Waals surface area contributed by atoms with Crippen LogP contribution in [0.3, 0.4) is 0 Å². The fourth-order valence-corrected chi connectivity index (χ4v) is 2.36. The van der Waals surface area contributed by atoms with E-state index in [1.54, 1.807) is 6.92 Å². The van der Waals surface area contributed by atoms with Gasteiger partial charge in [-0.1, -0.05) is 0 Å². The third-order valence-electron chi connectivity index (χ3n) is 3.54. The number of halogens is 3. The predicted octanol–water partition coefficient (Wildman–Crippen LogP) is 2.41. The van der Waals surface area contributed by atoms with Gasteiger partial charge in [-0.15, -0.1) is 0 Å². The zero-order chi connectivity index (χ0) is 15.6. The van der Waals surface area contributed by atoms with Crippen molar-refractivity contribution in [1.29, 1.82) is 0 Å². The van der Waals surface area contributed by atoms with E-state index in [2.05, 4.69) is 5.10 Å². The van der Waals surface area contributed by atoms with Crippen molar-refractivity contribution in [2.24, 2.45) is 13.0 Å². The highest BCUT2D eigenvalue weighted by molar-refractivity contribution is 5.90. The van der Waals surface area contributed by atoms with E-state index in [1.165, 1.54) is 7.05 Å². The zero-order valence-electron chi connectivity index (χ0n) is 11.8. The Morgan fingerprint density at radius 3 is 2.67 bits per heavy atom. The van der Waals surface area contributed by atoms with E-state index in [4.69, 9.17) is 9.47 Å². The molecule has 1 atom stereocenters. The second-order valence-corrected chi connectivity index (χ2v) is 5.12. The lowest BCUT2D eigenvalue weighted by Crippen LogP contribution is -2.29. The summed E-state index contributed by atoms with van der Waals surface area (Å²) in [5.74, 6) is -0.886. The molecule has 0 N–H and O–H groups in total. The lowest BCUT2D eigenvalue weighted by atomic mass is 9.95. The van der Waals surface area contributed by atoms with E-state index < -0.39 is 29.5 Å². The Balaban J connectivity index is 2.09. The molecule has 1 aliphatic heterocycles. The van der Waals surface area contributed by atoms with Crippen LogP contribution < -0.4 is 0 Å². The van der Waals surface area contributed by atoms with E-state index in [-0.39, 0.29) is 5.92 Å². The molecular formula is C13H17F3N2O3. The van der Waals surface area contributed by atoms with Gasteiger partial charge in [-0.05, 0) is 19.8 Å². The largest absolute Gasteiger partial charge is 0.459 e. The monoisotopic (exact) mass is 306 g/mol. The molecule has 2 rings (SSSR count). The van der Waals surface area contributed by atoms with Crippen molar-refractivity contribution in [3.05, 3.63) is 17.5 Å². The first kappa shape index (κ1) is 15.8. The average molecular weight is 306 g/mol. The normalized spacial score (nSPS) is 18.5. The fourth-order valence-electron chi connectivity index (χ4n) is 2.36. The van der Waals surface area contributed by atoms with Gasteiger partial charge in [0.05, 0.1) is 0 Å². The second-order valence-electron chi connectivity index (χ2n) is 5.12. The first-order chi connectivity index (χ1) is 9.79. The van der Waals surface area contributed by atoms with Gasteiger partial charge in [0.15, 0.2) is 5.69 Å². The summed E-state index contributed by atoms with van der Waals surface area (Å²) in [4.78, 5) is 12.0. The molecule has 21 heavy (non-hydrogen) atoms. The van der Waals surface area contributed by atoms with Crippen LogP contribution in [0, 0.1) is 5.92 Å². The third kappa shape index (κ3) is 3.75. The molecule has 0 amide bonds. The Morgan fingerprint density at radius 2 is 2.10 bits per heavy atom. The molecule has 1 aromatic heterocycles. The molecule has 5 nitrogen and oxygen atoms in total. The van der Waals surface area contributed by atoms with Crippen LogP contribution in [-0.4, -0.2) is 35.1 Å². The van der Waals surface area contributed by atoms with Gasteiger partial charge in [-0.3, -0.25) is 4.68 Å². The minimum Gasteiger partial charge on any atom is -0.459 e. The highest BCUT2D eigenvalue weighted by atomic mass is 19.4. The van der Waals surface area contributed by atoms with Crippen molar-refractivity contribution >= 4 is 5.97 Å². The standard InChI is InChI=1S/C13H17F3N2O3/c1-8(9-3-5-20-6-4-9)21-12(19)10-7-18(2)17-11(10)13(14,15)16/h7-9H,3-6H2,1-2H3/t8-/m1/s1. The van der Waals surface area contributed by atoms with Crippen LogP contribution in [0.25, 0.3) is 0 Å². The minimum atomic E-state index is -4.68. The quantitative estimate of drug-likeness (QED) is 0.805. The average Bonchev–Trinajstić information content (AvgIpc) is 2.82. The van der Waals surface area contributed by atoms with Crippen molar-refractivity contribution in [2.45, 2.75) is 32.0 Å². The van der Waals surface area contributed by atoms with Crippen LogP contribution in [0.4, 0.5) is 13.2 Å². The topological polar surface area (TPSA) is 53.4 Å². The third-order valence-corrected chi connectivity index (χ3v) is 3.54. The summed E-state index contributed by atoms with van der Waals surface area (Å²) in [5, 5.41) is 3.29. The number of rotatable bonds is 3. The van der Waals surface area contributed by atoms with E-state index in [0.29, 0.717) is 13.2 Å². The summed E-state index contributed by atoms with van der Waals surface area (Å²) in [5.41, 5.74) is -1.77. The van der Waals surface area contributed by atoms with Gasteiger partial charge in [0, 0.05) is 32.4 Å². The van der Waals surface area contributed by atoms with E-state index in [9.17, 15) is 18.0 Å². The van der Waals surface area contributed by atoms with Crippen LogP contribution in [0.1, 0.15) is 35.8 Å². The summed E-state index contributed by atoms with van der Waals surface area (Å²) in [6.45, 7) is 2.85. The summed E-state index contributed by atoms with van der Waals surface area (Å²) in [6.07, 6.45) is -2.65. The van der Waals surface area contributed by atoms with Crippen LogP contribution in [0.2, 0.25) is 0 Å². The number of nitrogens with zero attached hydrogens (tertiary/aromatic N) is 2. The van der Waals surface area contributed by atoms with Gasteiger partial charge in [0.1, 0.15) is 11.7 Å². The van der Waals surface area contributed by atoms with E-state index in [0.717, 1.165) is 23.7 Å². The fraction of sp³-hybridized carbons (Fsp3) is 0.692. The zero-order valence-corrected chi connectivity index (χ0v) is 11.8. The van der Waals surface area contributed by atoms with Gasteiger partial charge in [-0.25, -0.2) is 4.79 Å². The van der Waals surface area contributed by atoms with Crippen molar-refractivity contribution in [1.82, 2.24) is 9.78 Å². The highest BCUT2D eigenvalue weighted by Gasteiger charge is 2.40. The number of alkyl halides is 3. The Kier molecular flexibility index (Phi) is 4.55. The van der Waals surface area contributed by atoms with Crippen molar-refractivity contribution in [2.75, 3.05) is 13.2 Å². The summed E-state index contributed by atoms with van der Waals surface area (Å²) >= 11 is 0. The van der Waals surface area contributed by atoms with Crippen LogP contribution in [0.5, 0.6) is 0 Å². The molecule has 1 saturated heterocycles. The molecule has 1 aliphatic rings. The number of carbonyl (C=O) groups is 1. The molecule has 1 fully saturated rings. The molecule has 8 heteroatoms. The van der Waals surface area contributed by atoms with Gasteiger partial charge in [0.2, 0.25) is 0 Å². The van der Waals surface area contributed by atoms with E-state index in [1.807, 2.05) is 0 Å². The molecule has 0 saturated carbocycles. The van der Waals surface area contributed by atoms with Crippen LogP contribution >= 0.6 is 0 Å². The molecule has 1 aromatic rings. The minimum absolute atomic E-state index is 0.105. The lowest BCUT2D eigenvalue weighted by Gasteiger charge is -2.27. The summed E-state index contributed by atoms with van der Waals surface area (Å²) in [7, 11) is 1.33. The molecule has 0 bridgehead atoms. The number of aromatic nitrogens is 2. The maximum atomic E-state index is 12.8. The Bertz CT molecular complexity index is 507. The first-order valence-corrected chi connectivity index (χ1v) is 6.68. The second kappa shape index (κ2) is 6.05. The van der Waals surface area contributed by atoms with Gasteiger partial charge < -0.3 is 9.47 Å². The predicted molar refractivity (Wildman–Crippen MR) is 66.6 cm³/mol. The maximum Gasteiger partial charge on any atom is 0.436 e. The molecular weight excluding hydrogens is 289 g/mol. The molecule has 2 heterocycles. The summed E-state index contributed by atoms with van der Waals surface area (Å²) in [6, 6.07) is 0. The van der Waals surface area contributed by atoms with Crippen LogP contribution in [0.15, 0.2) is 6.20 Å². The Hall–Kier alpha value is -1.57. The number of esters is 1. The molecule has 0 aliphatic carbocycles. The number of ether oxygens (including phenoxy) is 2. The van der Waals surface area contributed by atoms with Crippen molar-refractivity contribution in [3.8, 4) is 0 Å². The molecule has 0 radical (unpaired) electrons. The number of hydrogen-bond acceptors (Lipinski definition) is 4. The smallest absolute Gasteiger partial charge is 0.436 e. The van der Waals surface area contributed by atoms with Crippen LogP contribution in [-0.2, 0) is 22.7 Å². The Morgan fingerprint density at radius 1 is 1.48 bits per heavy atom. The maximum absolute atomic E-state index is 12.8. The molecule has 118 valence electrons. The number of hydrogen-bond donors (Lipinski definition) is 0.